The van der Waals surface area contributed by atoms with E-state index >= 15 is 0 Å². The second-order valence-corrected chi connectivity index (χ2v) is 8.16. The summed E-state index contributed by atoms with van der Waals surface area (Å²) in [6.07, 6.45) is 3.97. The minimum atomic E-state index is -1.19. The maximum Gasteiger partial charge on any atom is 0.128 e. The standard InChI is InChI=1S/C17H17Br2FN2O/c1-17(2,23)14(11-6-5-10(18)7-12(11)20)15-16(19)21-8-13(22-15)9-3-4-9/h5-9,14,23H,3-4H2,1-2H3. The van der Waals surface area contributed by atoms with Gasteiger partial charge < -0.3 is 5.11 Å². The van der Waals surface area contributed by atoms with Crippen molar-refractivity contribution in [1.82, 2.24) is 9.97 Å². The summed E-state index contributed by atoms with van der Waals surface area (Å²) in [7, 11) is 0. The molecule has 2 aromatic rings. The lowest BCUT2D eigenvalue weighted by Gasteiger charge is -2.30. The average molecular weight is 444 g/mol. The molecule has 0 radical (unpaired) electrons. The molecule has 122 valence electrons. The Balaban J connectivity index is 2.15. The van der Waals surface area contributed by atoms with Crippen molar-refractivity contribution < 1.29 is 9.50 Å². The summed E-state index contributed by atoms with van der Waals surface area (Å²) in [5.74, 6) is -0.556. The molecular formula is C17H17Br2FN2O. The highest BCUT2D eigenvalue weighted by molar-refractivity contribution is 9.10. The van der Waals surface area contributed by atoms with Crippen molar-refractivity contribution in [2.75, 3.05) is 0 Å². The normalized spacial score (nSPS) is 16.4. The summed E-state index contributed by atoms with van der Waals surface area (Å²) in [6, 6.07) is 4.85. The molecule has 1 heterocycles. The third-order valence-electron chi connectivity index (χ3n) is 4.02. The number of hydrogen-bond acceptors (Lipinski definition) is 3. The van der Waals surface area contributed by atoms with Gasteiger partial charge in [0.1, 0.15) is 10.4 Å². The number of nitrogens with zero attached hydrogens (tertiary/aromatic N) is 2. The highest BCUT2D eigenvalue weighted by Crippen LogP contribution is 2.42. The Morgan fingerprint density at radius 2 is 2.00 bits per heavy atom. The molecular weight excluding hydrogens is 427 g/mol. The van der Waals surface area contributed by atoms with E-state index in [1.165, 1.54) is 6.07 Å². The summed E-state index contributed by atoms with van der Waals surface area (Å²) < 4.78 is 15.7. The van der Waals surface area contributed by atoms with Crippen LogP contribution in [0.5, 0.6) is 0 Å². The van der Waals surface area contributed by atoms with Crippen molar-refractivity contribution in [2.45, 2.75) is 44.1 Å². The summed E-state index contributed by atoms with van der Waals surface area (Å²) in [5, 5.41) is 10.7. The van der Waals surface area contributed by atoms with Crippen molar-refractivity contribution in [3.05, 3.63) is 56.2 Å². The Labute approximate surface area is 151 Å². The number of hydrogen-bond donors (Lipinski definition) is 1. The minimum absolute atomic E-state index is 0.378. The SMILES string of the molecule is CC(C)(O)C(c1ccc(Br)cc1F)c1nc(C2CC2)cnc1Br. The van der Waals surface area contributed by atoms with Gasteiger partial charge in [0.2, 0.25) is 0 Å². The molecule has 0 bridgehead atoms. The van der Waals surface area contributed by atoms with Gasteiger partial charge >= 0.3 is 0 Å². The smallest absolute Gasteiger partial charge is 0.128 e. The largest absolute Gasteiger partial charge is 0.389 e. The van der Waals surface area contributed by atoms with Crippen LogP contribution in [-0.4, -0.2) is 20.7 Å². The predicted molar refractivity (Wildman–Crippen MR) is 93.9 cm³/mol. The second-order valence-electron chi connectivity index (χ2n) is 6.50. The Morgan fingerprint density at radius 1 is 1.30 bits per heavy atom. The highest BCUT2D eigenvalue weighted by Gasteiger charge is 2.36. The molecule has 0 spiro atoms. The van der Waals surface area contributed by atoms with E-state index in [9.17, 15) is 9.50 Å². The number of benzene rings is 1. The Morgan fingerprint density at radius 3 is 2.57 bits per heavy atom. The third kappa shape index (κ3) is 3.64. The number of halogens is 3. The second kappa shape index (κ2) is 6.22. The molecule has 1 fully saturated rings. The molecule has 1 aliphatic carbocycles. The zero-order valence-corrected chi connectivity index (χ0v) is 16.0. The summed E-state index contributed by atoms with van der Waals surface area (Å²) >= 11 is 6.68. The van der Waals surface area contributed by atoms with Crippen molar-refractivity contribution in [1.29, 1.82) is 0 Å². The zero-order valence-electron chi connectivity index (χ0n) is 12.9. The molecule has 0 saturated heterocycles. The van der Waals surface area contributed by atoms with Crippen molar-refractivity contribution >= 4 is 31.9 Å². The van der Waals surface area contributed by atoms with Crippen LogP contribution in [-0.2, 0) is 0 Å². The molecule has 23 heavy (non-hydrogen) atoms. The summed E-state index contributed by atoms with van der Waals surface area (Å²) in [6.45, 7) is 3.33. The topological polar surface area (TPSA) is 46.0 Å². The zero-order chi connectivity index (χ0) is 16.8. The molecule has 1 unspecified atom stereocenters. The van der Waals surface area contributed by atoms with E-state index in [2.05, 4.69) is 36.8 Å². The molecule has 1 saturated carbocycles. The van der Waals surface area contributed by atoms with Gasteiger partial charge in [0.15, 0.2) is 0 Å². The van der Waals surface area contributed by atoms with E-state index < -0.39 is 11.5 Å². The first-order valence-corrected chi connectivity index (χ1v) is 9.05. The quantitative estimate of drug-likeness (QED) is 0.729. The van der Waals surface area contributed by atoms with Crippen LogP contribution in [0, 0.1) is 5.82 Å². The van der Waals surface area contributed by atoms with E-state index in [0.717, 1.165) is 18.5 Å². The van der Waals surface area contributed by atoms with E-state index in [1.54, 1.807) is 32.2 Å². The van der Waals surface area contributed by atoms with Gasteiger partial charge in [-0.1, -0.05) is 22.0 Å². The van der Waals surface area contributed by atoms with Crippen molar-refractivity contribution in [3.63, 3.8) is 0 Å². The first-order valence-electron chi connectivity index (χ1n) is 7.47. The first kappa shape index (κ1) is 17.0. The van der Waals surface area contributed by atoms with Crippen molar-refractivity contribution in [3.8, 4) is 0 Å². The fourth-order valence-electron chi connectivity index (χ4n) is 2.76. The van der Waals surface area contributed by atoms with Gasteiger partial charge in [0.25, 0.3) is 0 Å². The first-order chi connectivity index (χ1) is 10.8. The molecule has 3 nitrogen and oxygen atoms in total. The van der Waals surface area contributed by atoms with Gasteiger partial charge in [-0.05, 0) is 60.3 Å². The van der Waals surface area contributed by atoms with Crippen LogP contribution in [0.2, 0.25) is 0 Å². The maximum atomic E-state index is 14.5. The van der Waals surface area contributed by atoms with Gasteiger partial charge in [-0.3, -0.25) is 4.98 Å². The van der Waals surface area contributed by atoms with E-state index in [4.69, 9.17) is 4.98 Å². The predicted octanol–water partition coefficient (Wildman–Crippen LogP) is 4.92. The fourth-order valence-corrected chi connectivity index (χ4v) is 3.51. The summed E-state index contributed by atoms with van der Waals surface area (Å²) in [4.78, 5) is 9.05. The van der Waals surface area contributed by atoms with Gasteiger partial charge in [-0.25, -0.2) is 9.37 Å². The Kier molecular flexibility index (Phi) is 4.60. The van der Waals surface area contributed by atoms with Crippen LogP contribution >= 0.6 is 31.9 Å². The van der Waals surface area contributed by atoms with Crippen LogP contribution in [0.1, 0.15) is 55.5 Å². The number of aliphatic hydroxyl groups is 1. The molecule has 3 rings (SSSR count). The fraction of sp³-hybridized carbons (Fsp3) is 0.412. The van der Waals surface area contributed by atoms with Crippen LogP contribution in [0.15, 0.2) is 33.5 Å². The lowest BCUT2D eigenvalue weighted by Crippen LogP contribution is -2.32. The maximum absolute atomic E-state index is 14.5. The molecule has 0 amide bonds. The molecule has 1 aromatic carbocycles. The molecule has 1 aromatic heterocycles. The van der Waals surface area contributed by atoms with Gasteiger partial charge in [0.05, 0.1) is 29.1 Å². The van der Waals surface area contributed by atoms with Crippen LogP contribution in [0.4, 0.5) is 4.39 Å². The monoisotopic (exact) mass is 442 g/mol. The molecule has 1 N–H and O–H groups in total. The number of rotatable bonds is 4. The minimum Gasteiger partial charge on any atom is -0.389 e. The van der Waals surface area contributed by atoms with Gasteiger partial charge in [0, 0.05) is 10.4 Å². The Bertz CT molecular complexity index is 742. The van der Waals surface area contributed by atoms with E-state index in [1.807, 2.05) is 0 Å². The van der Waals surface area contributed by atoms with E-state index in [0.29, 0.717) is 26.3 Å². The van der Waals surface area contributed by atoms with Gasteiger partial charge in [-0.2, -0.15) is 0 Å². The molecule has 1 atom stereocenters. The van der Waals surface area contributed by atoms with Crippen LogP contribution < -0.4 is 0 Å². The molecule has 0 aliphatic heterocycles. The van der Waals surface area contributed by atoms with Crippen LogP contribution in [0.3, 0.4) is 0 Å². The van der Waals surface area contributed by atoms with Crippen LogP contribution in [0.25, 0.3) is 0 Å². The summed E-state index contributed by atoms with van der Waals surface area (Å²) in [5.41, 5.74) is 0.704. The average Bonchev–Trinajstić information content (AvgIpc) is 3.26. The number of aromatic nitrogens is 2. The highest BCUT2D eigenvalue weighted by atomic mass is 79.9. The third-order valence-corrected chi connectivity index (χ3v) is 5.12. The van der Waals surface area contributed by atoms with E-state index in [-0.39, 0.29) is 5.82 Å². The molecule has 1 aliphatic rings. The molecule has 6 heteroatoms. The lowest BCUT2D eigenvalue weighted by molar-refractivity contribution is 0.0599. The van der Waals surface area contributed by atoms with Crippen molar-refractivity contribution in [2.24, 2.45) is 0 Å². The lowest BCUT2D eigenvalue weighted by atomic mass is 9.82. The van der Waals surface area contributed by atoms with Gasteiger partial charge in [-0.15, -0.1) is 0 Å². The Hall–Kier alpha value is -0.850.